The fourth-order valence-electron chi connectivity index (χ4n) is 2.65. The second-order valence-electron chi connectivity index (χ2n) is 7.99. The second kappa shape index (κ2) is 9.16. The second-order valence-corrected chi connectivity index (χ2v) is 10.0. The van der Waals surface area contributed by atoms with Crippen LogP contribution < -0.4 is 10.0 Å². The van der Waals surface area contributed by atoms with Crippen LogP contribution >= 0.6 is 11.6 Å². The molecule has 0 aliphatic heterocycles. The predicted molar refractivity (Wildman–Crippen MR) is 118 cm³/mol. The molecule has 0 spiro atoms. The van der Waals surface area contributed by atoms with E-state index in [0.29, 0.717) is 12.2 Å². The van der Waals surface area contributed by atoms with Crippen molar-refractivity contribution >= 4 is 39.1 Å². The molecule has 0 aliphatic carbocycles. The number of hydrogen-bond donors (Lipinski definition) is 2. The third-order valence-corrected chi connectivity index (χ3v) is 6.37. The number of nitrogens with one attached hydrogen (secondary N) is 2. The highest BCUT2D eigenvalue weighted by molar-refractivity contribution is 7.89. The number of carbonyl (C=O) groups is 2. The van der Waals surface area contributed by atoms with E-state index in [1.54, 1.807) is 46.0 Å². The molecule has 0 heterocycles. The Morgan fingerprint density at radius 3 is 2.33 bits per heavy atom. The van der Waals surface area contributed by atoms with E-state index in [4.69, 9.17) is 11.6 Å². The fourth-order valence-corrected chi connectivity index (χ4v) is 4.60. The summed E-state index contributed by atoms with van der Waals surface area (Å²) in [6.07, 6.45) is 0. The van der Waals surface area contributed by atoms with E-state index in [-0.39, 0.29) is 21.4 Å². The van der Waals surface area contributed by atoms with Crippen LogP contribution in [0, 0.1) is 0 Å². The topological polar surface area (TPSA) is 95.6 Å². The van der Waals surface area contributed by atoms with Gasteiger partial charge in [0.05, 0.1) is 5.02 Å². The van der Waals surface area contributed by atoms with Crippen LogP contribution in [-0.4, -0.2) is 37.7 Å². The third kappa shape index (κ3) is 6.29. The summed E-state index contributed by atoms with van der Waals surface area (Å²) in [6, 6.07) is 11.2. The molecule has 162 valence electrons. The molecule has 2 N–H and O–H groups in total. The molecular formula is C21H26ClN3O4S. The molecule has 0 fully saturated rings. The van der Waals surface area contributed by atoms with Crippen molar-refractivity contribution in [1.29, 1.82) is 0 Å². The zero-order valence-corrected chi connectivity index (χ0v) is 19.2. The Morgan fingerprint density at radius 1 is 1.10 bits per heavy atom. The standard InChI is InChI=1S/C21H26ClN3O4S/c1-14(26)25(5)13-16-8-6-7-9-18(16)23-20(27)15-10-11-17(22)19(12-15)30(28,29)24-21(2,3)4/h6-12,24H,13H2,1-5H3,(H,23,27). The Hall–Kier alpha value is -2.42. The predicted octanol–water partition coefficient (Wildman–Crippen LogP) is 3.65. The van der Waals surface area contributed by atoms with Gasteiger partial charge in [0.2, 0.25) is 15.9 Å². The lowest BCUT2D eigenvalue weighted by Crippen LogP contribution is -2.40. The first-order valence-electron chi connectivity index (χ1n) is 9.24. The van der Waals surface area contributed by atoms with Gasteiger partial charge in [-0.1, -0.05) is 29.8 Å². The molecule has 0 saturated carbocycles. The van der Waals surface area contributed by atoms with Gasteiger partial charge in [-0.15, -0.1) is 0 Å². The number of amides is 2. The van der Waals surface area contributed by atoms with Crippen LogP contribution in [0.4, 0.5) is 5.69 Å². The van der Waals surface area contributed by atoms with Crippen molar-refractivity contribution in [3.63, 3.8) is 0 Å². The highest BCUT2D eigenvalue weighted by Gasteiger charge is 2.25. The minimum absolute atomic E-state index is 0.0202. The Kier molecular flexibility index (Phi) is 7.28. The maximum atomic E-state index is 12.8. The van der Waals surface area contributed by atoms with Gasteiger partial charge in [-0.25, -0.2) is 13.1 Å². The quantitative estimate of drug-likeness (QED) is 0.700. The number of carbonyl (C=O) groups excluding carboxylic acids is 2. The molecule has 0 atom stereocenters. The van der Waals surface area contributed by atoms with Crippen molar-refractivity contribution in [1.82, 2.24) is 9.62 Å². The van der Waals surface area contributed by atoms with Gasteiger partial charge in [-0.05, 0) is 50.6 Å². The number of sulfonamides is 1. The van der Waals surface area contributed by atoms with Gasteiger partial charge in [-0.2, -0.15) is 0 Å². The molecule has 0 bridgehead atoms. The maximum Gasteiger partial charge on any atom is 0.255 e. The number of nitrogens with zero attached hydrogens (tertiary/aromatic N) is 1. The molecule has 0 aromatic heterocycles. The van der Waals surface area contributed by atoms with E-state index in [1.165, 1.54) is 30.0 Å². The number of para-hydroxylation sites is 1. The normalized spacial score (nSPS) is 11.8. The molecule has 0 aliphatic rings. The molecule has 7 nitrogen and oxygen atoms in total. The monoisotopic (exact) mass is 451 g/mol. The SMILES string of the molecule is CC(=O)N(C)Cc1ccccc1NC(=O)c1ccc(Cl)c(S(=O)(=O)NC(C)(C)C)c1. The summed E-state index contributed by atoms with van der Waals surface area (Å²) in [6.45, 7) is 6.92. The molecule has 2 aromatic carbocycles. The Morgan fingerprint density at radius 2 is 1.73 bits per heavy atom. The van der Waals surface area contributed by atoms with Crippen LogP contribution in [0.25, 0.3) is 0 Å². The molecule has 2 aromatic rings. The summed E-state index contributed by atoms with van der Waals surface area (Å²) in [5.41, 5.74) is 0.716. The largest absolute Gasteiger partial charge is 0.342 e. The molecule has 0 radical (unpaired) electrons. The van der Waals surface area contributed by atoms with Crippen LogP contribution in [0.1, 0.15) is 43.6 Å². The zero-order valence-electron chi connectivity index (χ0n) is 17.6. The molecular weight excluding hydrogens is 426 g/mol. The summed E-state index contributed by atoms with van der Waals surface area (Å²) < 4.78 is 27.9. The molecule has 9 heteroatoms. The highest BCUT2D eigenvalue weighted by Crippen LogP contribution is 2.25. The first-order chi connectivity index (χ1) is 13.8. The molecule has 30 heavy (non-hydrogen) atoms. The lowest BCUT2D eigenvalue weighted by molar-refractivity contribution is -0.128. The molecule has 0 unspecified atom stereocenters. The van der Waals surface area contributed by atoms with Crippen LogP contribution in [0.15, 0.2) is 47.4 Å². The van der Waals surface area contributed by atoms with E-state index in [1.807, 2.05) is 6.07 Å². The van der Waals surface area contributed by atoms with Crippen LogP contribution in [0.5, 0.6) is 0 Å². The van der Waals surface area contributed by atoms with E-state index >= 15 is 0 Å². The molecule has 0 saturated heterocycles. The summed E-state index contributed by atoms with van der Waals surface area (Å²) in [5, 5.41) is 2.80. The van der Waals surface area contributed by atoms with E-state index in [0.717, 1.165) is 5.56 Å². The first-order valence-corrected chi connectivity index (χ1v) is 11.1. The van der Waals surface area contributed by atoms with Crippen molar-refractivity contribution in [2.45, 2.75) is 44.7 Å². The fraction of sp³-hybridized carbons (Fsp3) is 0.333. The highest BCUT2D eigenvalue weighted by atomic mass is 35.5. The van der Waals surface area contributed by atoms with Gasteiger partial charge in [0.25, 0.3) is 5.91 Å². The minimum atomic E-state index is -3.92. The van der Waals surface area contributed by atoms with Gasteiger partial charge < -0.3 is 10.2 Å². The smallest absolute Gasteiger partial charge is 0.255 e. The molecule has 2 amide bonds. The van der Waals surface area contributed by atoms with Gasteiger partial charge in [-0.3, -0.25) is 9.59 Å². The summed E-state index contributed by atoms with van der Waals surface area (Å²) in [5.74, 6) is -0.591. The third-order valence-electron chi connectivity index (χ3n) is 4.13. The number of halogens is 1. The summed E-state index contributed by atoms with van der Waals surface area (Å²) in [4.78, 5) is 25.7. The summed E-state index contributed by atoms with van der Waals surface area (Å²) >= 11 is 6.10. The Bertz CT molecular complexity index is 1060. The van der Waals surface area contributed by atoms with Gasteiger partial charge in [0, 0.05) is 37.3 Å². The summed E-state index contributed by atoms with van der Waals surface area (Å²) in [7, 11) is -2.25. The minimum Gasteiger partial charge on any atom is -0.342 e. The lowest BCUT2D eigenvalue weighted by atomic mass is 10.1. The number of anilines is 1. The Labute approximate surface area is 182 Å². The lowest BCUT2D eigenvalue weighted by Gasteiger charge is -2.21. The van der Waals surface area contributed by atoms with Crippen molar-refractivity contribution in [2.24, 2.45) is 0 Å². The van der Waals surface area contributed by atoms with Crippen molar-refractivity contribution < 1.29 is 18.0 Å². The maximum absolute atomic E-state index is 12.8. The average Bonchev–Trinajstić information content (AvgIpc) is 2.61. The Balaban J connectivity index is 2.33. The molecule has 2 rings (SSSR count). The zero-order chi connectivity index (χ0) is 22.7. The number of benzene rings is 2. The average molecular weight is 452 g/mol. The van der Waals surface area contributed by atoms with Crippen molar-refractivity contribution in [2.75, 3.05) is 12.4 Å². The first kappa shape index (κ1) is 23.9. The van der Waals surface area contributed by atoms with E-state index < -0.39 is 21.5 Å². The van der Waals surface area contributed by atoms with E-state index in [9.17, 15) is 18.0 Å². The van der Waals surface area contributed by atoms with Gasteiger partial charge in [0.15, 0.2) is 0 Å². The van der Waals surface area contributed by atoms with Crippen LogP contribution in [0.3, 0.4) is 0 Å². The van der Waals surface area contributed by atoms with Crippen LogP contribution in [-0.2, 0) is 21.4 Å². The van der Waals surface area contributed by atoms with Crippen LogP contribution in [0.2, 0.25) is 5.02 Å². The van der Waals surface area contributed by atoms with E-state index in [2.05, 4.69) is 10.0 Å². The van der Waals surface area contributed by atoms with Gasteiger partial charge >= 0.3 is 0 Å². The number of rotatable bonds is 6. The van der Waals surface area contributed by atoms with Crippen molar-refractivity contribution in [3.05, 3.63) is 58.6 Å². The number of hydrogen-bond acceptors (Lipinski definition) is 4. The van der Waals surface area contributed by atoms with Crippen molar-refractivity contribution in [3.8, 4) is 0 Å². The van der Waals surface area contributed by atoms with Gasteiger partial charge in [0.1, 0.15) is 4.90 Å².